The van der Waals surface area contributed by atoms with Gasteiger partial charge in [-0.2, -0.15) is 0 Å². The van der Waals surface area contributed by atoms with E-state index in [2.05, 4.69) is 55.0 Å². The molecule has 0 unspecified atom stereocenters. The Labute approximate surface area is 197 Å². The highest BCUT2D eigenvalue weighted by atomic mass is 16.3. The van der Waals surface area contributed by atoms with Crippen molar-refractivity contribution in [1.82, 2.24) is 0 Å². The Balaban J connectivity index is 1.58. The smallest absolute Gasteiger partial charge is 0.0595 e. The van der Waals surface area contributed by atoms with E-state index in [1.807, 2.05) is 0 Å². The van der Waals surface area contributed by atoms with Crippen LogP contribution in [0.4, 0.5) is 0 Å². The van der Waals surface area contributed by atoms with Crippen molar-refractivity contribution in [2.24, 2.45) is 56.7 Å². The van der Waals surface area contributed by atoms with E-state index in [1.165, 1.54) is 44.1 Å². The fraction of sp³-hybridized carbons (Fsp3) is 0.933. The Morgan fingerprint density at radius 3 is 2.16 bits per heavy atom. The summed E-state index contributed by atoms with van der Waals surface area (Å²) in [5, 5.41) is 22.7. The van der Waals surface area contributed by atoms with E-state index < -0.39 is 0 Å². The number of hydrogen-bond donors (Lipinski definition) is 2. The molecule has 2 heteroatoms. The average molecular weight is 443 g/mol. The van der Waals surface area contributed by atoms with Crippen molar-refractivity contribution < 1.29 is 10.2 Å². The average Bonchev–Trinajstić information content (AvgIpc) is 3.03. The molecule has 0 heterocycles. The molecule has 0 spiro atoms. The van der Waals surface area contributed by atoms with Crippen LogP contribution in [0.5, 0.6) is 0 Å². The van der Waals surface area contributed by atoms with Crippen molar-refractivity contribution in [2.75, 3.05) is 0 Å². The predicted molar refractivity (Wildman–Crippen MR) is 132 cm³/mol. The van der Waals surface area contributed by atoms with Gasteiger partial charge in [0.05, 0.1) is 12.2 Å². The van der Waals surface area contributed by atoms with E-state index in [-0.39, 0.29) is 39.8 Å². The van der Waals surface area contributed by atoms with Crippen LogP contribution < -0.4 is 0 Å². The Morgan fingerprint density at radius 1 is 0.812 bits per heavy atom. The molecule has 5 aliphatic rings. The maximum atomic E-state index is 11.8. The van der Waals surface area contributed by atoms with Crippen LogP contribution in [-0.4, -0.2) is 22.4 Å². The third-order valence-electron chi connectivity index (χ3n) is 13.3. The van der Waals surface area contributed by atoms with E-state index in [0.29, 0.717) is 17.3 Å². The van der Waals surface area contributed by atoms with Gasteiger partial charge >= 0.3 is 0 Å². The van der Waals surface area contributed by atoms with Gasteiger partial charge in [0.15, 0.2) is 0 Å². The monoisotopic (exact) mass is 442 g/mol. The minimum atomic E-state index is -0.310. The van der Waals surface area contributed by atoms with Crippen molar-refractivity contribution in [1.29, 1.82) is 0 Å². The van der Waals surface area contributed by atoms with Gasteiger partial charge in [0, 0.05) is 0 Å². The first-order valence-electron chi connectivity index (χ1n) is 13.7. The van der Waals surface area contributed by atoms with E-state index >= 15 is 0 Å². The summed E-state index contributed by atoms with van der Waals surface area (Å²) in [5.41, 5.74) is 2.25. The molecule has 0 aromatic heterocycles. The molecule has 32 heavy (non-hydrogen) atoms. The van der Waals surface area contributed by atoms with Gasteiger partial charge in [-0.25, -0.2) is 0 Å². The van der Waals surface area contributed by atoms with E-state index in [1.54, 1.807) is 0 Å². The molecule has 2 nitrogen and oxygen atoms in total. The van der Waals surface area contributed by atoms with Gasteiger partial charge < -0.3 is 10.2 Å². The summed E-state index contributed by atoms with van der Waals surface area (Å²) in [4.78, 5) is 0. The molecule has 5 fully saturated rings. The largest absolute Gasteiger partial charge is 0.393 e. The van der Waals surface area contributed by atoms with Gasteiger partial charge in [-0.3, -0.25) is 0 Å². The molecule has 5 saturated carbocycles. The molecule has 5 aliphatic carbocycles. The third-order valence-corrected chi connectivity index (χ3v) is 13.3. The summed E-state index contributed by atoms with van der Waals surface area (Å²) in [6.45, 7) is 21.5. The van der Waals surface area contributed by atoms with E-state index in [9.17, 15) is 10.2 Å². The summed E-state index contributed by atoms with van der Waals surface area (Å²) in [7, 11) is 0. The molecule has 0 aliphatic heterocycles. The Kier molecular flexibility index (Phi) is 5.02. The van der Waals surface area contributed by atoms with Crippen LogP contribution in [-0.2, 0) is 0 Å². The highest BCUT2D eigenvalue weighted by Gasteiger charge is 2.71. The summed E-state index contributed by atoms with van der Waals surface area (Å²) in [6, 6.07) is 0. The van der Waals surface area contributed by atoms with Crippen molar-refractivity contribution in [2.45, 2.75) is 118 Å². The molecule has 0 bridgehead atoms. The number of hydrogen-bond acceptors (Lipinski definition) is 2. The van der Waals surface area contributed by atoms with Crippen LogP contribution in [0.1, 0.15) is 106 Å². The third kappa shape index (κ3) is 2.66. The second-order valence-corrected chi connectivity index (χ2v) is 14.9. The van der Waals surface area contributed by atoms with Crippen LogP contribution in [0.15, 0.2) is 12.2 Å². The first kappa shape index (κ1) is 23.4. The number of aliphatic hydroxyl groups is 2. The molecule has 2 N–H and O–H groups in total. The van der Waals surface area contributed by atoms with Crippen LogP contribution in [0.3, 0.4) is 0 Å². The standard InChI is InChI=1S/C30H50O2/c1-18(2)19-11-13-27(5)15-16-29(7)20(24(19)27)9-10-22-28(6)14-12-23(32)26(3,4)25(28)21(31)17-30(22,29)8/h19-25,31-32H,1,9-17H2,2-8H3/t19-,20+,21+,22+,23-,24+,25-,27+,28+,29+,30+/m0/s1. The highest BCUT2D eigenvalue weighted by molar-refractivity contribution is 5.22. The molecular formula is C30H50O2. The summed E-state index contributed by atoms with van der Waals surface area (Å²) in [5.74, 6) is 3.04. The highest BCUT2D eigenvalue weighted by Crippen LogP contribution is 2.77. The topological polar surface area (TPSA) is 40.5 Å². The molecule has 0 aromatic rings. The van der Waals surface area contributed by atoms with Gasteiger partial charge in [-0.1, -0.05) is 53.7 Å². The van der Waals surface area contributed by atoms with Gasteiger partial charge in [0.2, 0.25) is 0 Å². The van der Waals surface area contributed by atoms with Crippen LogP contribution in [0.25, 0.3) is 0 Å². The molecule has 0 radical (unpaired) electrons. The number of rotatable bonds is 1. The lowest BCUT2D eigenvalue weighted by atomic mass is 9.32. The van der Waals surface area contributed by atoms with Crippen molar-refractivity contribution in [3.05, 3.63) is 12.2 Å². The van der Waals surface area contributed by atoms with E-state index in [4.69, 9.17) is 0 Å². The molecule has 0 aromatic carbocycles. The normalized spacial score (nSPS) is 58.8. The van der Waals surface area contributed by atoms with Gasteiger partial charge in [0.1, 0.15) is 0 Å². The minimum absolute atomic E-state index is 0.118. The number of fused-ring (bicyclic) bond motifs is 7. The quantitative estimate of drug-likeness (QED) is 0.429. The first-order valence-corrected chi connectivity index (χ1v) is 13.7. The zero-order valence-electron chi connectivity index (χ0n) is 22.0. The number of allylic oxidation sites excluding steroid dienone is 1. The summed E-state index contributed by atoms with van der Waals surface area (Å²) < 4.78 is 0. The van der Waals surface area contributed by atoms with Gasteiger partial charge in [-0.15, -0.1) is 0 Å². The van der Waals surface area contributed by atoms with Crippen molar-refractivity contribution in [3.63, 3.8) is 0 Å². The van der Waals surface area contributed by atoms with Crippen LogP contribution in [0.2, 0.25) is 0 Å². The first-order chi connectivity index (χ1) is 14.7. The molecular weight excluding hydrogens is 392 g/mol. The molecule has 11 atom stereocenters. The van der Waals surface area contributed by atoms with E-state index in [0.717, 1.165) is 31.1 Å². The lowest BCUT2D eigenvalue weighted by Gasteiger charge is -2.73. The Hall–Kier alpha value is -0.340. The van der Waals surface area contributed by atoms with Crippen LogP contribution in [0, 0.1) is 56.7 Å². The fourth-order valence-corrected chi connectivity index (χ4v) is 11.7. The van der Waals surface area contributed by atoms with Crippen LogP contribution >= 0.6 is 0 Å². The second kappa shape index (κ2) is 6.87. The zero-order valence-corrected chi connectivity index (χ0v) is 22.0. The minimum Gasteiger partial charge on any atom is -0.393 e. The fourth-order valence-electron chi connectivity index (χ4n) is 11.7. The van der Waals surface area contributed by atoms with Gasteiger partial charge in [0.25, 0.3) is 0 Å². The summed E-state index contributed by atoms with van der Waals surface area (Å²) >= 11 is 0. The lowest BCUT2D eigenvalue weighted by Crippen LogP contribution is -2.69. The van der Waals surface area contributed by atoms with Gasteiger partial charge in [-0.05, 0) is 121 Å². The maximum absolute atomic E-state index is 11.8. The molecule has 0 amide bonds. The summed E-state index contributed by atoms with van der Waals surface area (Å²) in [6.07, 6.45) is 10.3. The number of aliphatic hydroxyl groups excluding tert-OH is 2. The molecule has 5 rings (SSSR count). The maximum Gasteiger partial charge on any atom is 0.0595 e. The molecule has 0 saturated heterocycles. The zero-order chi connectivity index (χ0) is 23.5. The second-order valence-electron chi connectivity index (χ2n) is 14.9. The predicted octanol–water partition coefficient (Wildman–Crippen LogP) is 7.00. The van der Waals surface area contributed by atoms with Crippen molar-refractivity contribution in [3.8, 4) is 0 Å². The molecule has 182 valence electrons. The Bertz CT molecular complexity index is 801. The van der Waals surface area contributed by atoms with Crippen molar-refractivity contribution >= 4 is 0 Å². The lowest BCUT2D eigenvalue weighted by molar-refractivity contribution is -0.274. The SMILES string of the molecule is C=C(C)[C@@H]1CC[C@]2(C)CC[C@]3(C)[C@H](CC[C@@H]4[C@@]5(C)CC[C@H](O)C(C)(C)[C@@H]5[C@H](O)C[C@]43C)[C@@H]12. The Morgan fingerprint density at radius 2 is 1.50 bits per heavy atom.